The normalized spacial score (nSPS) is 13.2. The quantitative estimate of drug-likeness (QED) is 0.927. The molecule has 0 saturated heterocycles. The van der Waals surface area contributed by atoms with Crippen LogP contribution in [0, 0.1) is 6.92 Å². The lowest BCUT2D eigenvalue weighted by Crippen LogP contribution is -2.22. The molecule has 20 heavy (non-hydrogen) atoms. The average Bonchev–Trinajstić information content (AvgIpc) is 2.39. The van der Waals surface area contributed by atoms with Gasteiger partial charge in [0.1, 0.15) is 0 Å². The molecular weight excluding hydrogens is 265 g/mol. The summed E-state index contributed by atoms with van der Waals surface area (Å²) in [6.45, 7) is 1.91. The van der Waals surface area contributed by atoms with Gasteiger partial charge in [0.25, 0.3) is 0 Å². The monoisotopic (exact) mass is 280 g/mol. The first kappa shape index (κ1) is 14.5. The first-order valence-electron chi connectivity index (χ1n) is 6.18. The number of aromatic nitrogens is 1. The van der Waals surface area contributed by atoms with Gasteiger partial charge in [0, 0.05) is 18.0 Å². The summed E-state index contributed by atoms with van der Waals surface area (Å²) in [5.74, 6) is 0. The Balaban J connectivity index is 2.53. The van der Waals surface area contributed by atoms with Gasteiger partial charge in [-0.1, -0.05) is 29.8 Å². The van der Waals surface area contributed by atoms with Gasteiger partial charge < -0.3 is 5.32 Å². The van der Waals surface area contributed by atoms with E-state index < -0.39 is 17.8 Å². The number of pyridine rings is 1. The molecule has 0 amide bonds. The summed E-state index contributed by atoms with van der Waals surface area (Å²) >= 11 is 0. The van der Waals surface area contributed by atoms with Crippen molar-refractivity contribution < 1.29 is 13.2 Å². The molecule has 2 nitrogen and oxygen atoms in total. The van der Waals surface area contributed by atoms with Crippen LogP contribution in [0.25, 0.3) is 0 Å². The van der Waals surface area contributed by atoms with Crippen LogP contribution in [0.15, 0.2) is 42.7 Å². The Kier molecular flexibility index (Phi) is 4.09. The number of nitrogens with one attached hydrogen (secondary N) is 1. The van der Waals surface area contributed by atoms with Crippen molar-refractivity contribution >= 4 is 0 Å². The van der Waals surface area contributed by atoms with Crippen LogP contribution in [0.4, 0.5) is 13.2 Å². The highest BCUT2D eigenvalue weighted by Crippen LogP contribution is 2.35. The number of halogens is 3. The van der Waals surface area contributed by atoms with Crippen LogP contribution in [0.3, 0.4) is 0 Å². The van der Waals surface area contributed by atoms with E-state index in [1.807, 2.05) is 25.1 Å². The van der Waals surface area contributed by atoms with Gasteiger partial charge in [0.05, 0.1) is 11.6 Å². The lowest BCUT2D eigenvalue weighted by molar-refractivity contribution is -0.138. The SMILES string of the molecule is CNC(c1cccc(C)c1)c1cnccc1C(F)(F)F. The largest absolute Gasteiger partial charge is 0.416 e. The van der Waals surface area contributed by atoms with E-state index in [4.69, 9.17) is 0 Å². The van der Waals surface area contributed by atoms with E-state index in [-0.39, 0.29) is 5.56 Å². The van der Waals surface area contributed by atoms with Crippen molar-refractivity contribution in [3.8, 4) is 0 Å². The molecule has 0 saturated carbocycles. The summed E-state index contributed by atoms with van der Waals surface area (Å²) in [5.41, 5.74) is 1.26. The molecule has 0 aliphatic carbocycles. The molecule has 1 aromatic heterocycles. The fourth-order valence-electron chi connectivity index (χ4n) is 2.25. The molecule has 1 unspecified atom stereocenters. The molecular formula is C15H15F3N2. The Labute approximate surface area is 115 Å². The summed E-state index contributed by atoms with van der Waals surface area (Å²) < 4.78 is 39.3. The lowest BCUT2D eigenvalue weighted by Gasteiger charge is -2.21. The molecule has 5 heteroatoms. The summed E-state index contributed by atoms with van der Waals surface area (Å²) in [6.07, 6.45) is -1.96. The molecule has 2 rings (SSSR count). The first-order valence-corrected chi connectivity index (χ1v) is 6.18. The molecule has 0 aliphatic heterocycles. The van der Waals surface area contributed by atoms with E-state index in [1.165, 1.54) is 6.20 Å². The van der Waals surface area contributed by atoms with Crippen LogP contribution in [0.2, 0.25) is 0 Å². The van der Waals surface area contributed by atoms with Crippen LogP contribution < -0.4 is 5.32 Å². The van der Waals surface area contributed by atoms with E-state index in [1.54, 1.807) is 13.1 Å². The minimum atomic E-state index is -4.39. The lowest BCUT2D eigenvalue weighted by atomic mass is 9.95. The van der Waals surface area contributed by atoms with Gasteiger partial charge in [-0.2, -0.15) is 13.2 Å². The third-order valence-electron chi connectivity index (χ3n) is 3.13. The van der Waals surface area contributed by atoms with Crippen LogP contribution in [-0.4, -0.2) is 12.0 Å². The number of alkyl halides is 3. The van der Waals surface area contributed by atoms with Gasteiger partial charge >= 0.3 is 6.18 Å². The smallest absolute Gasteiger partial charge is 0.309 e. The van der Waals surface area contributed by atoms with Crippen LogP contribution >= 0.6 is 0 Å². The third-order valence-corrected chi connectivity index (χ3v) is 3.13. The van der Waals surface area contributed by atoms with Crippen LogP contribution in [-0.2, 0) is 6.18 Å². The Bertz CT molecular complexity index is 594. The van der Waals surface area contributed by atoms with E-state index in [0.717, 1.165) is 23.4 Å². The van der Waals surface area contributed by atoms with Crippen molar-refractivity contribution in [3.63, 3.8) is 0 Å². The van der Waals surface area contributed by atoms with Crippen molar-refractivity contribution in [2.24, 2.45) is 0 Å². The predicted octanol–water partition coefficient (Wildman–Crippen LogP) is 3.72. The highest BCUT2D eigenvalue weighted by molar-refractivity contribution is 5.38. The summed E-state index contributed by atoms with van der Waals surface area (Å²) in [6, 6.07) is 7.88. The standard InChI is InChI=1S/C15H15F3N2/c1-10-4-3-5-11(8-10)14(19-2)12-9-20-7-6-13(12)15(16,17)18/h3-9,14,19H,1-2H3. The first-order chi connectivity index (χ1) is 9.43. The fourth-order valence-corrected chi connectivity index (χ4v) is 2.25. The van der Waals surface area contributed by atoms with E-state index in [9.17, 15) is 13.2 Å². The van der Waals surface area contributed by atoms with E-state index in [2.05, 4.69) is 10.3 Å². The summed E-state index contributed by atoms with van der Waals surface area (Å²) in [7, 11) is 1.64. The number of aryl methyl sites for hydroxylation is 1. The second-order valence-corrected chi connectivity index (χ2v) is 4.60. The Morgan fingerprint density at radius 3 is 2.55 bits per heavy atom. The molecule has 2 aromatic rings. The van der Waals surface area contributed by atoms with Crippen LogP contribution in [0.1, 0.15) is 28.3 Å². The summed E-state index contributed by atoms with van der Waals surface area (Å²) in [4.78, 5) is 3.84. The van der Waals surface area contributed by atoms with Crippen molar-refractivity contribution in [2.75, 3.05) is 7.05 Å². The fraction of sp³-hybridized carbons (Fsp3) is 0.267. The van der Waals surface area contributed by atoms with Gasteiger partial charge in [0.2, 0.25) is 0 Å². The van der Waals surface area contributed by atoms with Crippen LogP contribution in [0.5, 0.6) is 0 Å². The zero-order valence-electron chi connectivity index (χ0n) is 11.2. The Morgan fingerprint density at radius 1 is 1.20 bits per heavy atom. The zero-order chi connectivity index (χ0) is 14.8. The minimum absolute atomic E-state index is 0.133. The molecule has 1 N–H and O–H groups in total. The van der Waals surface area contributed by atoms with E-state index in [0.29, 0.717) is 0 Å². The van der Waals surface area contributed by atoms with Gasteiger partial charge in [-0.25, -0.2) is 0 Å². The van der Waals surface area contributed by atoms with Crippen molar-refractivity contribution in [1.29, 1.82) is 0 Å². The Hall–Kier alpha value is -1.88. The number of rotatable bonds is 3. The number of hydrogen-bond donors (Lipinski definition) is 1. The molecule has 1 heterocycles. The van der Waals surface area contributed by atoms with Crippen molar-refractivity contribution in [2.45, 2.75) is 19.1 Å². The molecule has 0 aliphatic rings. The maximum atomic E-state index is 13.1. The second kappa shape index (κ2) is 5.63. The predicted molar refractivity (Wildman–Crippen MR) is 71.3 cm³/mol. The van der Waals surface area contributed by atoms with Gasteiger partial charge in [-0.3, -0.25) is 4.98 Å². The highest BCUT2D eigenvalue weighted by Gasteiger charge is 2.35. The minimum Gasteiger partial charge on any atom is -0.309 e. The molecule has 0 fully saturated rings. The number of nitrogens with zero attached hydrogens (tertiary/aromatic N) is 1. The second-order valence-electron chi connectivity index (χ2n) is 4.60. The summed E-state index contributed by atoms with van der Waals surface area (Å²) in [5, 5.41) is 2.93. The average molecular weight is 280 g/mol. The molecule has 1 aromatic carbocycles. The Morgan fingerprint density at radius 2 is 1.95 bits per heavy atom. The van der Waals surface area contributed by atoms with Crippen molar-refractivity contribution in [1.82, 2.24) is 10.3 Å². The third kappa shape index (κ3) is 2.99. The van der Waals surface area contributed by atoms with Crippen molar-refractivity contribution in [3.05, 3.63) is 65.0 Å². The molecule has 0 bridgehead atoms. The molecule has 0 radical (unpaired) electrons. The topological polar surface area (TPSA) is 24.9 Å². The zero-order valence-corrected chi connectivity index (χ0v) is 11.2. The maximum Gasteiger partial charge on any atom is 0.416 e. The van der Waals surface area contributed by atoms with Gasteiger partial charge in [0.15, 0.2) is 0 Å². The number of hydrogen-bond acceptors (Lipinski definition) is 2. The van der Waals surface area contributed by atoms with Gasteiger partial charge in [-0.05, 0) is 25.6 Å². The van der Waals surface area contributed by atoms with Gasteiger partial charge in [-0.15, -0.1) is 0 Å². The maximum absolute atomic E-state index is 13.1. The van der Waals surface area contributed by atoms with E-state index >= 15 is 0 Å². The number of benzene rings is 1. The molecule has 1 atom stereocenters. The highest BCUT2D eigenvalue weighted by atomic mass is 19.4. The molecule has 106 valence electrons. The molecule has 0 spiro atoms.